The third-order valence-electron chi connectivity index (χ3n) is 5.33. The Balaban J connectivity index is 0.000000238. The first-order valence-electron chi connectivity index (χ1n) is 10.3. The summed E-state index contributed by atoms with van der Waals surface area (Å²) in [5.41, 5.74) is 7.05. The van der Waals surface area contributed by atoms with Gasteiger partial charge in [0.1, 0.15) is 0 Å². The number of benzene rings is 1. The minimum absolute atomic E-state index is 0.350. The molecule has 0 spiro atoms. The van der Waals surface area contributed by atoms with Crippen molar-refractivity contribution in [2.24, 2.45) is 5.73 Å². The van der Waals surface area contributed by atoms with Crippen molar-refractivity contribution < 1.29 is 9.59 Å². The van der Waals surface area contributed by atoms with Gasteiger partial charge in [-0.1, -0.05) is 32.4 Å². The number of terminal acetylenes is 1. The second-order valence-corrected chi connectivity index (χ2v) is 7.02. The number of carbonyl (C=O) groups is 2. The third-order valence-corrected chi connectivity index (χ3v) is 5.33. The first-order chi connectivity index (χ1) is 13.7. The number of amides is 2. The maximum atomic E-state index is 10.7. The molecule has 154 valence electrons. The van der Waals surface area contributed by atoms with Crippen LogP contribution in [0.15, 0.2) is 24.3 Å². The van der Waals surface area contributed by atoms with E-state index >= 15 is 0 Å². The normalized spacial score (nSPS) is 18.6. The van der Waals surface area contributed by atoms with Crippen molar-refractivity contribution in [3.63, 3.8) is 0 Å². The van der Waals surface area contributed by atoms with E-state index in [0.717, 1.165) is 44.5 Å². The second kappa shape index (κ2) is 13.0. The average molecular weight is 386 g/mol. The smallest absolute Gasteiger partial charge is 0.248 e. The lowest BCUT2D eigenvalue weighted by molar-refractivity contribution is -0.120. The van der Waals surface area contributed by atoms with Crippen LogP contribution in [0.5, 0.6) is 0 Å². The summed E-state index contributed by atoms with van der Waals surface area (Å²) < 4.78 is 0. The van der Waals surface area contributed by atoms with Crippen molar-refractivity contribution in [3.05, 3.63) is 35.4 Å². The summed E-state index contributed by atoms with van der Waals surface area (Å²) >= 11 is 0. The number of primary amides is 1. The first-order valence-corrected chi connectivity index (χ1v) is 10.3. The SMILES string of the molecule is C#C.CC.NC(=O)c1ccc(C2CC2)cc1.O=CN1CCN(C2CCC2)CC1. The quantitative estimate of drug-likeness (QED) is 0.639. The van der Waals surface area contributed by atoms with E-state index in [1.807, 2.05) is 30.9 Å². The van der Waals surface area contributed by atoms with Gasteiger partial charge in [0.25, 0.3) is 0 Å². The molecule has 2 N–H and O–H groups in total. The molecule has 3 fully saturated rings. The Bertz CT molecular complexity index is 596. The van der Waals surface area contributed by atoms with Gasteiger partial charge in [-0.05, 0) is 49.3 Å². The van der Waals surface area contributed by atoms with Crippen LogP contribution in [0.1, 0.15) is 67.8 Å². The summed E-state index contributed by atoms with van der Waals surface area (Å²) in [6.45, 7) is 8.03. The van der Waals surface area contributed by atoms with Crippen LogP contribution in [0.4, 0.5) is 0 Å². The van der Waals surface area contributed by atoms with Crippen LogP contribution < -0.4 is 5.73 Å². The summed E-state index contributed by atoms with van der Waals surface area (Å²) in [5, 5.41) is 0. The van der Waals surface area contributed by atoms with Crippen LogP contribution in [0.25, 0.3) is 0 Å². The zero-order valence-electron chi connectivity index (χ0n) is 17.3. The molecule has 2 aliphatic carbocycles. The lowest BCUT2D eigenvalue weighted by atomic mass is 9.91. The maximum absolute atomic E-state index is 10.7. The van der Waals surface area contributed by atoms with Crippen molar-refractivity contribution in [2.45, 2.75) is 57.9 Å². The van der Waals surface area contributed by atoms with E-state index in [0.29, 0.717) is 5.56 Å². The molecule has 28 heavy (non-hydrogen) atoms. The molecule has 1 aromatic rings. The van der Waals surface area contributed by atoms with Crippen LogP contribution in [0.2, 0.25) is 0 Å². The standard InChI is InChI=1S/C10H11NO.C9H16N2O.C2H6.C2H2/c11-10(12)9-5-3-8(4-6-9)7-1-2-7;12-8-10-4-6-11(7-5-10)9-2-1-3-9;2*1-2/h3-7H,1-2H2,(H2,11,12);8-9H,1-7H2;1-2H3;1-2H. The van der Waals surface area contributed by atoms with Crippen LogP contribution in [-0.2, 0) is 4.79 Å². The highest BCUT2D eigenvalue weighted by atomic mass is 16.1. The molecule has 3 aliphatic rings. The van der Waals surface area contributed by atoms with Crippen molar-refractivity contribution >= 4 is 12.3 Å². The second-order valence-electron chi connectivity index (χ2n) is 7.02. The van der Waals surface area contributed by atoms with E-state index in [2.05, 4.69) is 17.7 Å². The monoisotopic (exact) mass is 385 g/mol. The molecule has 2 saturated carbocycles. The molecule has 0 unspecified atom stereocenters. The van der Waals surface area contributed by atoms with Crippen molar-refractivity contribution in [3.8, 4) is 12.8 Å². The Kier molecular flexibility index (Phi) is 11.0. The highest BCUT2D eigenvalue weighted by molar-refractivity contribution is 5.92. The lowest BCUT2D eigenvalue weighted by Crippen LogP contribution is -2.51. The van der Waals surface area contributed by atoms with Crippen LogP contribution in [0.3, 0.4) is 0 Å². The molecular weight excluding hydrogens is 350 g/mol. The summed E-state index contributed by atoms with van der Waals surface area (Å²) in [6.07, 6.45) is 15.7. The van der Waals surface area contributed by atoms with Gasteiger partial charge in [0, 0.05) is 37.8 Å². The Hall–Kier alpha value is -2.32. The zero-order chi connectivity index (χ0) is 20.9. The number of carbonyl (C=O) groups excluding carboxylic acids is 2. The van der Waals surface area contributed by atoms with Gasteiger partial charge in [-0.2, -0.15) is 0 Å². The molecule has 2 amide bonds. The Morgan fingerprint density at radius 2 is 1.54 bits per heavy atom. The number of nitrogens with zero attached hydrogens (tertiary/aromatic N) is 2. The predicted octanol–water partition coefficient (Wildman–Crippen LogP) is 3.25. The van der Waals surface area contributed by atoms with Gasteiger partial charge < -0.3 is 10.6 Å². The molecule has 5 heteroatoms. The van der Waals surface area contributed by atoms with E-state index in [1.165, 1.54) is 37.7 Å². The van der Waals surface area contributed by atoms with Gasteiger partial charge in [-0.25, -0.2) is 0 Å². The van der Waals surface area contributed by atoms with Crippen molar-refractivity contribution in [1.82, 2.24) is 9.80 Å². The van der Waals surface area contributed by atoms with E-state index in [-0.39, 0.29) is 5.91 Å². The number of hydrogen-bond acceptors (Lipinski definition) is 3. The largest absolute Gasteiger partial charge is 0.366 e. The Morgan fingerprint density at radius 1 is 1.00 bits per heavy atom. The van der Waals surface area contributed by atoms with E-state index in [1.54, 1.807) is 12.1 Å². The van der Waals surface area contributed by atoms with Gasteiger partial charge in [0.15, 0.2) is 0 Å². The van der Waals surface area contributed by atoms with Gasteiger partial charge in [-0.3, -0.25) is 14.5 Å². The van der Waals surface area contributed by atoms with Crippen LogP contribution in [0, 0.1) is 12.8 Å². The van der Waals surface area contributed by atoms with Gasteiger partial charge >= 0.3 is 0 Å². The summed E-state index contributed by atoms with van der Waals surface area (Å²) in [6, 6.07) is 8.44. The third kappa shape index (κ3) is 7.36. The molecule has 0 radical (unpaired) electrons. The minimum atomic E-state index is -0.350. The zero-order valence-corrected chi connectivity index (χ0v) is 17.3. The van der Waals surface area contributed by atoms with E-state index in [9.17, 15) is 9.59 Å². The van der Waals surface area contributed by atoms with Gasteiger partial charge in [0.2, 0.25) is 12.3 Å². The highest BCUT2D eigenvalue weighted by Gasteiger charge is 2.27. The molecule has 1 aromatic carbocycles. The van der Waals surface area contributed by atoms with Crippen LogP contribution in [-0.4, -0.2) is 54.3 Å². The molecule has 4 rings (SSSR count). The molecule has 1 heterocycles. The highest BCUT2D eigenvalue weighted by Crippen LogP contribution is 2.39. The number of piperazine rings is 1. The Labute approximate surface area is 170 Å². The number of nitrogens with two attached hydrogens (primary N) is 1. The van der Waals surface area contributed by atoms with E-state index < -0.39 is 0 Å². The fourth-order valence-electron chi connectivity index (χ4n) is 3.30. The van der Waals surface area contributed by atoms with Crippen molar-refractivity contribution in [2.75, 3.05) is 26.2 Å². The fraction of sp³-hybridized carbons (Fsp3) is 0.565. The molecular formula is C23H35N3O2. The maximum Gasteiger partial charge on any atom is 0.248 e. The van der Waals surface area contributed by atoms with Gasteiger partial charge in [0.05, 0.1) is 0 Å². The molecule has 1 aliphatic heterocycles. The average Bonchev–Trinajstić information content (AvgIpc) is 3.56. The molecule has 0 aromatic heterocycles. The molecule has 5 nitrogen and oxygen atoms in total. The minimum Gasteiger partial charge on any atom is -0.366 e. The fourth-order valence-corrected chi connectivity index (χ4v) is 3.30. The number of rotatable bonds is 4. The number of hydrogen-bond donors (Lipinski definition) is 1. The Morgan fingerprint density at radius 3 is 1.89 bits per heavy atom. The van der Waals surface area contributed by atoms with Gasteiger partial charge in [-0.15, -0.1) is 12.8 Å². The predicted molar refractivity (Wildman–Crippen MR) is 115 cm³/mol. The summed E-state index contributed by atoms with van der Waals surface area (Å²) in [7, 11) is 0. The summed E-state index contributed by atoms with van der Waals surface area (Å²) in [5.74, 6) is 0.393. The molecule has 1 saturated heterocycles. The molecule has 0 atom stereocenters. The van der Waals surface area contributed by atoms with E-state index in [4.69, 9.17) is 5.73 Å². The van der Waals surface area contributed by atoms with Crippen LogP contribution >= 0.6 is 0 Å². The molecule has 0 bridgehead atoms. The first kappa shape index (κ1) is 23.7. The lowest BCUT2D eigenvalue weighted by Gasteiger charge is -2.42. The topological polar surface area (TPSA) is 66.6 Å². The van der Waals surface area contributed by atoms with Crippen molar-refractivity contribution in [1.29, 1.82) is 0 Å². The summed E-state index contributed by atoms with van der Waals surface area (Å²) in [4.78, 5) is 25.5.